The van der Waals surface area contributed by atoms with E-state index in [0.717, 1.165) is 58.9 Å². The molecule has 1 unspecified atom stereocenters. The van der Waals surface area contributed by atoms with Crippen molar-refractivity contribution in [3.05, 3.63) is 90.5 Å². The van der Waals surface area contributed by atoms with E-state index in [-0.39, 0.29) is 11.4 Å². The maximum Gasteiger partial charge on any atom is 0.123 e. The van der Waals surface area contributed by atoms with Gasteiger partial charge in [-0.25, -0.2) is 9.37 Å². The Morgan fingerprint density at radius 3 is 2.58 bits per heavy atom. The second-order valence-electron chi connectivity index (χ2n) is 8.56. The van der Waals surface area contributed by atoms with E-state index in [1.54, 1.807) is 31.6 Å². The topological polar surface area (TPSA) is 49.2 Å². The third kappa shape index (κ3) is 4.26. The van der Waals surface area contributed by atoms with Crippen LogP contribution in [0.4, 0.5) is 4.39 Å². The lowest BCUT2D eigenvalue weighted by molar-refractivity contribution is 0.0499. The summed E-state index contributed by atoms with van der Waals surface area (Å²) in [6, 6.07) is 10.4. The molecule has 2 aromatic heterocycles. The van der Waals surface area contributed by atoms with Gasteiger partial charge in [0.05, 0.1) is 22.7 Å². The van der Waals surface area contributed by atoms with Crippen molar-refractivity contribution in [1.82, 2.24) is 14.5 Å². The van der Waals surface area contributed by atoms with E-state index >= 15 is 0 Å². The fourth-order valence-electron chi connectivity index (χ4n) is 4.24. The average molecular weight is 444 g/mol. The number of hydrogen-bond donors (Lipinski definition) is 0. The van der Waals surface area contributed by atoms with E-state index in [0.29, 0.717) is 6.61 Å². The zero-order chi connectivity index (χ0) is 22.8. The average Bonchev–Trinajstić information content (AvgIpc) is 3.41. The number of benzene rings is 1. The highest BCUT2D eigenvalue weighted by Gasteiger charge is 2.27. The molecule has 3 heterocycles. The molecule has 0 spiro atoms. The van der Waals surface area contributed by atoms with Gasteiger partial charge in [0.25, 0.3) is 0 Å². The number of aryl methyl sites for hydroxylation is 1. The van der Waals surface area contributed by atoms with Crippen LogP contribution in [0.25, 0.3) is 28.2 Å². The lowest BCUT2D eigenvalue weighted by Crippen LogP contribution is -2.25. The zero-order valence-electron chi connectivity index (χ0n) is 18.8. The minimum Gasteiger partial charge on any atom is -0.495 e. The first-order valence-electron chi connectivity index (χ1n) is 11.1. The molecule has 0 bridgehead atoms. The molecule has 1 aromatic carbocycles. The molecule has 0 fully saturated rings. The molecule has 168 valence electrons. The number of ether oxygens (including phenoxy) is 2. The number of allylic oxidation sites excluding steroid dienone is 1. The fraction of sp³-hybridized carbons (Fsp3) is 0.259. The maximum absolute atomic E-state index is 13.5. The van der Waals surface area contributed by atoms with Crippen LogP contribution in [0.1, 0.15) is 25.6 Å². The van der Waals surface area contributed by atoms with Gasteiger partial charge in [-0.1, -0.05) is 18.2 Å². The van der Waals surface area contributed by atoms with Crippen LogP contribution in [0, 0.1) is 5.82 Å². The first-order valence-corrected chi connectivity index (χ1v) is 11.1. The van der Waals surface area contributed by atoms with Crippen LogP contribution in [0.3, 0.4) is 0 Å². The monoisotopic (exact) mass is 443 g/mol. The van der Waals surface area contributed by atoms with Gasteiger partial charge in [-0.3, -0.25) is 9.55 Å². The molecular formula is C27H26FN3O2. The smallest absolute Gasteiger partial charge is 0.123 e. The molecular weight excluding hydrogens is 417 g/mol. The minimum atomic E-state index is -0.262. The second-order valence-corrected chi connectivity index (χ2v) is 8.56. The van der Waals surface area contributed by atoms with Crippen molar-refractivity contribution in [2.75, 3.05) is 13.7 Å². The van der Waals surface area contributed by atoms with Crippen molar-refractivity contribution in [3.8, 4) is 22.5 Å². The van der Waals surface area contributed by atoms with Gasteiger partial charge in [-0.15, -0.1) is 0 Å². The predicted octanol–water partition coefficient (Wildman–Crippen LogP) is 5.80. The van der Waals surface area contributed by atoms with Gasteiger partial charge >= 0.3 is 0 Å². The fourth-order valence-corrected chi connectivity index (χ4v) is 4.24. The number of halogens is 1. The second kappa shape index (κ2) is 8.79. The maximum atomic E-state index is 13.5. The van der Waals surface area contributed by atoms with E-state index in [2.05, 4.69) is 34.7 Å². The number of rotatable bonds is 6. The first-order chi connectivity index (χ1) is 16.1. The van der Waals surface area contributed by atoms with Crippen LogP contribution in [0.5, 0.6) is 0 Å². The Hall–Kier alpha value is -3.51. The number of imidazole rings is 1. The number of pyridine rings is 1. The minimum absolute atomic E-state index is 0.241. The summed E-state index contributed by atoms with van der Waals surface area (Å²) in [5, 5.41) is 0. The summed E-state index contributed by atoms with van der Waals surface area (Å²) < 4.78 is 27.2. The van der Waals surface area contributed by atoms with Crippen molar-refractivity contribution in [3.63, 3.8) is 0 Å². The lowest BCUT2D eigenvalue weighted by Gasteiger charge is -2.26. The van der Waals surface area contributed by atoms with E-state index in [4.69, 9.17) is 14.5 Å². The molecule has 1 aliphatic heterocycles. The van der Waals surface area contributed by atoms with Crippen molar-refractivity contribution in [2.45, 2.75) is 31.8 Å². The molecule has 0 amide bonds. The normalized spacial score (nSPS) is 20.7. The van der Waals surface area contributed by atoms with Crippen molar-refractivity contribution >= 4 is 5.70 Å². The SMILES string of the molecule is COC1(C)C=CC(CO/C=C2\CCc3nc(-c4ccc(F)cc4)c(-c4ccncc4)n32)=CC1. The number of nitrogens with zero attached hydrogens (tertiary/aromatic N) is 3. The molecule has 6 heteroatoms. The van der Waals surface area contributed by atoms with Gasteiger partial charge in [0.15, 0.2) is 0 Å². The van der Waals surface area contributed by atoms with Crippen LogP contribution in [0.15, 0.2) is 78.9 Å². The van der Waals surface area contributed by atoms with Crippen LogP contribution >= 0.6 is 0 Å². The molecule has 33 heavy (non-hydrogen) atoms. The summed E-state index contributed by atoms with van der Waals surface area (Å²) in [5.74, 6) is 0.713. The molecule has 5 rings (SSSR count). The van der Waals surface area contributed by atoms with Crippen LogP contribution in [-0.4, -0.2) is 33.9 Å². The van der Waals surface area contributed by atoms with Gasteiger partial charge in [-0.2, -0.15) is 0 Å². The van der Waals surface area contributed by atoms with Gasteiger partial charge in [-0.05, 0) is 61.7 Å². The summed E-state index contributed by atoms with van der Waals surface area (Å²) in [4.78, 5) is 9.09. The third-order valence-electron chi connectivity index (χ3n) is 6.27. The van der Waals surface area contributed by atoms with Gasteiger partial charge < -0.3 is 9.47 Å². The summed E-state index contributed by atoms with van der Waals surface area (Å²) in [6.07, 6.45) is 14.2. The molecule has 2 aliphatic rings. The van der Waals surface area contributed by atoms with Gasteiger partial charge in [0.1, 0.15) is 24.5 Å². The number of hydrogen-bond acceptors (Lipinski definition) is 4. The van der Waals surface area contributed by atoms with E-state index < -0.39 is 0 Å². The third-order valence-corrected chi connectivity index (χ3v) is 6.27. The Bertz CT molecular complexity index is 1240. The first kappa shape index (κ1) is 21.3. The van der Waals surface area contributed by atoms with Crippen LogP contribution in [-0.2, 0) is 15.9 Å². The summed E-state index contributed by atoms with van der Waals surface area (Å²) >= 11 is 0. The highest BCUT2D eigenvalue weighted by Crippen LogP contribution is 2.39. The Morgan fingerprint density at radius 1 is 1.09 bits per heavy atom. The standard InChI is InChI=1S/C27H26FN3O2/c1-27(32-2)13-9-19(10-14-27)17-33-18-23-7-8-24-30-25(20-3-5-22(28)6-4-20)26(31(23)24)21-11-15-29-16-12-21/h3-6,9-13,15-16,18H,7-8,14,17H2,1-2H3/b23-18+. The molecule has 5 nitrogen and oxygen atoms in total. The molecule has 1 atom stereocenters. The van der Waals surface area contributed by atoms with Crippen LogP contribution in [0.2, 0.25) is 0 Å². The summed E-state index contributed by atoms with van der Waals surface area (Å²) in [6.45, 7) is 2.57. The molecule has 1 aliphatic carbocycles. The molecule has 0 saturated carbocycles. The molecule has 3 aromatic rings. The van der Waals surface area contributed by atoms with Gasteiger partial charge in [0.2, 0.25) is 0 Å². The zero-order valence-corrected chi connectivity index (χ0v) is 18.8. The van der Waals surface area contributed by atoms with E-state index in [1.165, 1.54) is 12.1 Å². The van der Waals surface area contributed by atoms with E-state index in [1.807, 2.05) is 18.4 Å². The predicted molar refractivity (Wildman–Crippen MR) is 127 cm³/mol. The Labute approximate surface area is 192 Å². The Kier molecular flexibility index (Phi) is 5.68. The van der Waals surface area contributed by atoms with Crippen molar-refractivity contribution in [1.29, 1.82) is 0 Å². The Balaban J connectivity index is 1.45. The number of methoxy groups -OCH3 is 1. The van der Waals surface area contributed by atoms with Crippen LogP contribution < -0.4 is 0 Å². The molecule has 0 saturated heterocycles. The van der Waals surface area contributed by atoms with E-state index in [9.17, 15) is 4.39 Å². The highest BCUT2D eigenvalue weighted by atomic mass is 19.1. The quantitative estimate of drug-likeness (QED) is 0.452. The number of fused-ring (bicyclic) bond motifs is 1. The summed E-state index contributed by atoms with van der Waals surface area (Å²) in [5.41, 5.74) is 5.63. The van der Waals surface area contributed by atoms with Crippen molar-refractivity contribution in [2.24, 2.45) is 0 Å². The lowest BCUT2D eigenvalue weighted by atomic mass is 9.94. The number of aromatic nitrogens is 3. The summed E-state index contributed by atoms with van der Waals surface area (Å²) in [7, 11) is 1.73. The van der Waals surface area contributed by atoms with Crippen molar-refractivity contribution < 1.29 is 13.9 Å². The van der Waals surface area contributed by atoms with Gasteiger partial charge in [0, 0.05) is 37.1 Å². The Morgan fingerprint density at radius 2 is 1.88 bits per heavy atom. The largest absolute Gasteiger partial charge is 0.495 e. The molecule has 0 radical (unpaired) electrons. The highest BCUT2D eigenvalue weighted by molar-refractivity contribution is 5.82. The molecule has 0 N–H and O–H groups in total.